The topological polar surface area (TPSA) is 21.3 Å². The molecule has 2 aromatic heterocycles. The number of aromatic nitrogens is 1. The minimum absolute atomic E-state index is 0.591. The van der Waals surface area contributed by atoms with Crippen molar-refractivity contribution in [2.75, 3.05) is 4.90 Å². The molecule has 0 fully saturated rings. The number of hydrogen-bond donors (Lipinski definition) is 0. The van der Waals surface area contributed by atoms with Gasteiger partial charge in [-0.1, -0.05) is 200 Å². The van der Waals surface area contributed by atoms with Gasteiger partial charge in [-0.15, -0.1) is 0 Å². The molecule has 0 atom stereocenters. The lowest BCUT2D eigenvalue weighted by atomic mass is 9.65. The fraction of sp³-hybridized carbons (Fsp3) is 0.0149. The molecule has 1 spiro atoms. The van der Waals surface area contributed by atoms with Gasteiger partial charge in [0.15, 0.2) is 0 Å². The lowest BCUT2D eigenvalue weighted by Gasteiger charge is -2.40. The Bertz CT molecular complexity index is 4200. The molecule has 70 heavy (non-hydrogen) atoms. The van der Waals surface area contributed by atoms with Gasteiger partial charge in [-0.3, -0.25) is 0 Å². The third kappa shape index (κ3) is 5.40. The van der Waals surface area contributed by atoms with Crippen molar-refractivity contribution in [1.82, 2.24) is 4.57 Å². The lowest BCUT2D eigenvalue weighted by molar-refractivity contribution is 0.670. The number of furan rings is 1. The van der Waals surface area contributed by atoms with E-state index in [1.54, 1.807) is 0 Å². The Kier molecular flexibility index (Phi) is 8.28. The molecule has 0 saturated heterocycles. The second-order valence-electron chi connectivity index (χ2n) is 18.7. The molecule has 3 nitrogen and oxygen atoms in total. The van der Waals surface area contributed by atoms with Gasteiger partial charge in [-0.05, 0) is 110 Å². The lowest BCUT2D eigenvalue weighted by Crippen LogP contribution is -2.33. The molecule has 1 aliphatic heterocycles. The maximum atomic E-state index is 6.58. The number of hydrogen-bond acceptors (Lipinski definition) is 2. The van der Waals surface area contributed by atoms with Crippen LogP contribution in [0.25, 0.3) is 93.9 Å². The van der Waals surface area contributed by atoms with Gasteiger partial charge < -0.3 is 13.9 Å². The second kappa shape index (κ2) is 14.9. The first kappa shape index (κ1) is 38.9. The third-order valence-electron chi connectivity index (χ3n) is 15.2. The van der Waals surface area contributed by atoms with E-state index in [0.29, 0.717) is 0 Å². The molecule has 2 aliphatic rings. The predicted molar refractivity (Wildman–Crippen MR) is 290 cm³/mol. The summed E-state index contributed by atoms with van der Waals surface area (Å²) in [4.78, 5) is 2.50. The van der Waals surface area contributed by atoms with Crippen molar-refractivity contribution in [1.29, 1.82) is 0 Å². The first-order valence-corrected chi connectivity index (χ1v) is 24.2. The maximum Gasteiger partial charge on any atom is 0.143 e. The normalized spacial score (nSPS) is 13.0. The van der Waals surface area contributed by atoms with Crippen LogP contribution in [0.1, 0.15) is 22.3 Å². The maximum absolute atomic E-state index is 6.58. The first-order valence-electron chi connectivity index (χ1n) is 24.2. The van der Waals surface area contributed by atoms with Crippen LogP contribution in [0.3, 0.4) is 0 Å². The van der Waals surface area contributed by atoms with Gasteiger partial charge in [0.25, 0.3) is 0 Å². The predicted octanol–water partition coefficient (Wildman–Crippen LogP) is 17.8. The first-order chi connectivity index (χ1) is 34.7. The molecular weight excluding hydrogens is 849 g/mol. The number of rotatable bonds is 6. The highest BCUT2D eigenvalue weighted by molar-refractivity contribution is 6.15. The fourth-order valence-electron chi connectivity index (χ4n) is 12.3. The minimum atomic E-state index is -0.591. The van der Waals surface area contributed by atoms with Crippen LogP contribution < -0.4 is 4.90 Å². The van der Waals surface area contributed by atoms with E-state index in [9.17, 15) is 0 Å². The van der Waals surface area contributed by atoms with Crippen LogP contribution in [-0.4, -0.2) is 4.57 Å². The highest BCUT2D eigenvalue weighted by Crippen LogP contribution is 2.62. The third-order valence-corrected chi connectivity index (χ3v) is 15.2. The van der Waals surface area contributed by atoms with Crippen LogP contribution in [0.4, 0.5) is 17.1 Å². The molecule has 0 unspecified atom stereocenters. The van der Waals surface area contributed by atoms with Crippen LogP contribution in [0.5, 0.6) is 0 Å². The number of nitrogens with zero attached hydrogens (tertiary/aromatic N) is 2. The average molecular weight is 891 g/mol. The quantitative estimate of drug-likeness (QED) is 0.166. The number of para-hydroxylation sites is 5. The molecule has 0 saturated carbocycles. The molecule has 3 heteroatoms. The van der Waals surface area contributed by atoms with Crippen molar-refractivity contribution in [3.63, 3.8) is 0 Å². The van der Waals surface area contributed by atoms with E-state index >= 15 is 0 Å². The Hall–Kier alpha value is -9.18. The van der Waals surface area contributed by atoms with Crippen molar-refractivity contribution < 1.29 is 4.42 Å². The molecule has 326 valence electrons. The molecule has 0 N–H and O–H groups in total. The van der Waals surface area contributed by atoms with Crippen molar-refractivity contribution >= 4 is 60.8 Å². The van der Waals surface area contributed by atoms with Gasteiger partial charge in [-0.25, -0.2) is 0 Å². The van der Waals surface area contributed by atoms with Crippen LogP contribution in [-0.2, 0) is 5.41 Å². The molecule has 0 bridgehead atoms. The monoisotopic (exact) mass is 890 g/mol. The minimum Gasteiger partial charge on any atom is -0.455 e. The van der Waals surface area contributed by atoms with E-state index in [1.165, 1.54) is 72.0 Å². The zero-order valence-corrected chi connectivity index (χ0v) is 38.1. The van der Waals surface area contributed by atoms with Crippen LogP contribution in [0.15, 0.2) is 259 Å². The van der Waals surface area contributed by atoms with Gasteiger partial charge >= 0.3 is 0 Å². The van der Waals surface area contributed by atoms with Crippen molar-refractivity contribution in [3.8, 4) is 50.2 Å². The number of benzene rings is 11. The summed E-state index contributed by atoms with van der Waals surface area (Å²) >= 11 is 0. The van der Waals surface area contributed by atoms with E-state index in [-0.39, 0.29) is 0 Å². The molecular formula is C67H42N2O. The smallest absolute Gasteiger partial charge is 0.143 e. The Morgan fingerprint density at radius 3 is 1.76 bits per heavy atom. The van der Waals surface area contributed by atoms with Crippen molar-refractivity contribution in [3.05, 3.63) is 277 Å². The molecule has 15 rings (SSSR count). The highest BCUT2D eigenvalue weighted by Gasteiger charge is 2.51. The van der Waals surface area contributed by atoms with E-state index in [4.69, 9.17) is 4.42 Å². The zero-order chi connectivity index (χ0) is 45.9. The van der Waals surface area contributed by atoms with E-state index < -0.39 is 5.41 Å². The largest absolute Gasteiger partial charge is 0.455 e. The summed E-state index contributed by atoms with van der Waals surface area (Å²) in [6.45, 7) is 0. The van der Waals surface area contributed by atoms with Crippen molar-refractivity contribution in [2.45, 2.75) is 5.41 Å². The molecule has 0 amide bonds. The summed E-state index contributed by atoms with van der Waals surface area (Å²) in [6.07, 6.45) is 0. The second-order valence-corrected chi connectivity index (χ2v) is 18.7. The molecule has 0 radical (unpaired) electrons. The zero-order valence-electron chi connectivity index (χ0n) is 38.1. The molecule has 13 aromatic rings. The fourth-order valence-corrected chi connectivity index (χ4v) is 12.3. The highest BCUT2D eigenvalue weighted by atomic mass is 16.3. The number of fused-ring (bicyclic) bond motifs is 15. The average Bonchev–Trinajstić information content (AvgIpc) is 4.08. The van der Waals surface area contributed by atoms with E-state index in [1.807, 2.05) is 6.07 Å². The van der Waals surface area contributed by atoms with Crippen molar-refractivity contribution in [2.24, 2.45) is 0 Å². The molecule has 11 aromatic carbocycles. The van der Waals surface area contributed by atoms with Gasteiger partial charge in [0.1, 0.15) is 11.2 Å². The summed E-state index contributed by atoms with van der Waals surface area (Å²) in [6, 6.07) is 93.7. The Balaban J connectivity index is 1.02. The standard InChI is InChI=1S/C67H42N2O/c1-2-18-43(19-3-1)45-20-16-21-46(40-45)49-22-6-12-32-61(49)68(47-38-36-44(37-39-47)50-27-17-28-55-54-26-8-15-35-64(54)70-66(50)55)48-41-56-53-25-7-13-33-62(53)69-63-34-14-11-31-59(63)67(60(42-48)65(56)69)57-29-9-4-23-51(57)52-24-5-10-30-58(52)67/h1-42H. The Morgan fingerprint density at radius 2 is 0.943 bits per heavy atom. The number of anilines is 3. The molecule has 1 aliphatic carbocycles. The molecule has 3 heterocycles. The summed E-state index contributed by atoms with van der Waals surface area (Å²) in [5.74, 6) is 0. The van der Waals surface area contributed by atoms with E-state index in [0.717, 1.165) is 61.3 Å². The van der Waals surface area contributed by atoms with Crippen LogP contribution in [0, 0.1) is 0 Å². The Labute approximate surface area is 405 Å². The van der Waals surface area contributed by atoms with E-state index in [2.05, 4.69) is 258 Å². The van der Waals surface area contributed by atoms with Crippen LogP contribution in [0.2, 0.25) is 0 Å². The van der Waals surface area contributed by atoms with Gasteiger partial charge in [0.05, 0.1) is 27.8 Å². The van der Waals surface area contributed by atoms with Gasteiger partial charge in [0, 0.05) is 44.0 Å². The summed E-state index contributed by atoms with van der Waals surface area (Å²) in [5, 5.41) is 4.70. The Morgan fingerprint density at radius 1 is 0.343 bits per heavy atom. The summed E-state index contributed by atoms with van der Waals surface area (Å²) < 4.78 is 9.11. The SMILES string of the molecule is c1ccc(-c2cccc(-c3ccccc3N(c3ccc(-c4cccc5c4oc4ccccc45)cc3)c3cc4c5c(c3)c3ccccc3n5-c3ccccc3C43c4ccccc4-c4ccccc43)c2)cc1. The van der Waals surface area contributed by atoms with Gasteiger partial charge in [0.2, 0.25) is 0 Å². The van der Waals surface area contributed by atoms with Gasteiger partial charge in [-0.2, -0.15) is 0 Å². The summed E-state index contributed by atoms with van der Waals surface area (Å²) in [5.41, 5.74) is 22.7. The van der Waals surface area contributed by atoms with Crippen LogP contribution >= 0.6 is 0 Å². The summed E-state index contributed by atoms with van der Waals surface area (Å²) in [7, 11) is 0.